The second-order valence-electron chi connectivity index (χ2n) is 9.84. The average Bonchev–Trinajstić information content (AvgIpc) is 3.26. The van der Waals surface area contributed by atoms with Gasteiger partial charge in [0.25, 0.3) is 0 Å². The van der Waals surface area contributed by atoms with Gasteiger partial charge in [-0.3, -0.25) is 14.4 Å². The molecular weight excluding hydrogens is 348 g/mol. The molecule has 6 aliphatic rings. The van der Waals surface area contributed by atoms with E-state index in [0.29, 0.717) is 31.3 Å². The number of cyclic esters (lactones) is 1. The van der Waals surface area contributed by atoms with Crippen LogP contribution in [0.4, 0.5) is 0 Å². The normalized spacial score (nSPS) is 53.1. The van der Waals surface area contributed by atoms with E-state index in [0.717, 1.165) is 44.9 Å². The number of carbonyl (C=O) groups excluding carboxylic acids is 3. The maximum absolute atomic E-state index is 12.9. The first-order valence-corrected chi connectivity index (χ1v) is 10.6. The van der Waals surface area contributed by atoms with Crippen LogP contribution in [0.5, 0.6) is 0 Å². The SMILES string of the molecule is O=C1CCCC(C23CCC(C45CC6CC(C(=O)O4)C5C6)C(C2)C(=O)O3)CO1. The molecule has 8 atom stereocenters. The monoisotopic (exact) mass is 374 g/mol. The van der Waals surface area contributed by atoms with E-state index in [2.05, 4.69) is 0 Å². The fourth-order valence-corrected chi connectivity index (χ4v) is 7.72. The van der Waals surface area contributed by atoms with Gasteiger partial charge in [-0.1, -0.05) is 0 Å². The Labute approximate surface area is 158 Å². The number of rotatable bonds is 2. The van der Waals surface area contributed by atoms with E-state index in [4.69, 9.17) is 14.2 Å². The van der Waals surface area contributed by atoms with E-state index in [1.165, 1.54) is 0 Å². The summed E-state index contributed by atoms with van der Waals surface area (Å²) in [5, 5.41) is 0. The number of hydrogen-bond acceptors (Lipinski definition) is 6. The van der Waals surface area contributed by atoms with E-state index in [-0.39, 0.29) is 41.6 Å². The highest BCUT2D eigenvalue weighted by Crippen LogP contribution is 2.67. The molecule has 3 heterocycles. The molecule has 146 valence electrons. The smallest absolute Gasteiger partial charge is 0.310 e. The van der Waals surface area contributed by atoms with Crippen molar-refractivity contribution in [2.24, 2.45) is 35.5 Å². The van der Waals surface area contributed by atoms with Gasteiger partial charge in [-0.25, -0.2) is 0 Å². The van der Waals surface area contributed by atoms with E-state index < -0.39 is 11.2 Å². The van der Waals surface area contributed by atoms with Crippen molar-refractivity contribution in [3.63, 3.8) is 0 Å². The van der Waals surface area contributed by atoms with E-state index in [9.17, 15) is 14.4 Å². The molecular formula is C21H26O6. The molecule has 6 heteroatoms. The number of fused-ring (bicyclic) bond motifs is 3. The van der Waals surface area contributed by atoms with Gasteiger partial charge in [0.15, 0.2) is 0 Å². The summed E-state index contributed by atoms with van der Waals surface area (Å²) in [6.45, 7) is 0.358. The van der Waals surface area contributed by atoms with Gasteiger partial charge in [0, 0.05) is 30.6 Å². The Morgan fingerprint density at radius 1 is 0.889 bits per heavy atom. The third kappa shape index (κ3) is 2.05. The maximum atomic E-state index is 12.9. The Morgan fingerprint density at radius 3 is 2.59 bits per heavy atom. The number of esters is 3. The molecule has 0 aromatic heterocycles. The lowest BCUT2D eigenvalue weighted by molar-refractivity contribution is -0.161. The third-order valence-electron chi connectivity index (χ3n) is 8.78. The Bertz CT molecular complexity index is 732. The molecule has 0 spiro atoms. The topological polar surface area (TPSA) is 78.9 Å². The first kappa shape index (κ1) is 16.4. The van der Waals surface area contributed by atoms with Crippen LogP contribution in [0.15, 0.2) is 0 Å². The molecule has 0 amide bonds. The van der Waals surface area contributed by atoms with Crippen LogP contribution >= 0.6 is 0 Å². The minimum Gasteiger partial charge on any atom is -0.465 e. The molecule has 6 rings (SSSR count). The summed E-state index contributed by atoms with van der Waals surface area (Å²) in [5.41, 5.74) is -0.903. The first-order chi connectivity index (χ1) is 13.0. The van der Waals surface area contributed by atoms with Gasteiger partial charge in [0.05, 0.1) is 18.4 Å². The summed E-state index contributed by atoms with van der Waals surface area (Å²) in [6, 6.07) is 0. The molecule has 0 N–H and O–H groups in total. The van der Waals surface area contributed by atoms with Crippen LogP contribution in [0.1, 0.15) is 57.8 Å². The maximum Gasteiger partial charge on any atom is 0.310 e. The number of hydrogen-bond donors (Lipinski definition) is 0. The molecule has 6 nitrogen and oxygen atoms in total. The Balaban J connectivity index is 1.28. The minimum atomic E-state index is -0.487. The number of carbonyl (C=O) groups is 3. The van der Waals surface area contributed by atoms with Crippen molar-refractivity contribution in [2.45, 2.75) is 69.0 Å². The zero-order valence-corrected chi connectivity index (χ0v) is 15.5. The predicted molar refractivity (Wildman–Crippen MR) is 91.1 cm³/mol. The predicted octanol–water partition coefficient (Wildman–Crippen LogP) is 2.38. The molecule has 3 saturated carbocycles. The van der Waals surface area contributed by atoms with Gasteiger partial charge < -0.3 is 14.2 Å². The zero-order valence-electron chi connectivity index (χ0n) is 15.5. The van der Waals surface area contributed by atoms with Crippen molar-refractivity contribution in [3.8, 4) is 0 Å². The molecule has 0 radical (unpaired) electrons. The van der Waals surface area contributed by atoms with Crippen molar-refractivity contribution >= 4 is 17.9 Å². The second-order valence-corrected chi connectivity index (χ2v) is 9.84. The fraction of sp³-hybridized carbons (Fsp3) is 0.857. The average molecular weight is 374 g/mol. The summed E-state index contributed by atoms with van der Waals surface area (Å²) in [7, 11) is 0. The van der Waals surface area contributed by atoms with Crippen LogP contribution in [0.3, 0.4) is 0 Å². The lowest BCUT2D eigenvalue weighted by atomic mass is 9.60. The molecule has 0 aromatic rings. The van der Waals surface area contributed by atoms with Gasteiger partial charge >= 0.3 is 17.9 Å². The summed E-state index contributed by atoms with van der Waals surface area (Å²) in [5.74, 6) is 0.666. The van der Waals surface area contributed by atoms with Crippen molar-refractivity contribution in [1.82, 2.24) is 0 Å². The summed E-state index contributed by atoms with van der Waals surface area (Å²) in [6.07, 6.45) is 7.46. The quantitative estimate of drug-likeness (QED) is 0.545. The Kier molecular flexibility index (Phi) is 3.19. The zero-order chi connectivity index (χ0) is 18.4. The van der Waals surface area contributed by atoms with Crippen LogP contribution in [0.2, 0.25) is 0 Å². The molecule has 8 unspecified atom stereocenters. The second kappa shape index (κ2) is 5.26. The number of ether oxygens (including phenoxy) is 3. The lowest BCUT2D eigenvalue weighted by Crippen LogP contribution is -2.50. The molecule has 4 bridgehead atoms. The molecule has 3 aliphatic heterocycles. The highest BCUT2D eigenvalue weighted by Gasteiger charge is 2.72. The minimum absolute atomic E-state index is 0.0288. The van der Waals surface area contributed by atoms with Gasteiger partial charge in [-0.05, 0) is 50.9 Å². The van der Waals surface area contributed by atoms with Crippen LogP contribution in [-0.2, 0) is 28.6 Å². The van der Waals surface area contributed by atoms with Gasteiger partial charge in [0.1, 0.15) is 11.2 Å². The van der Waals surface area contributed by atoms with Crippen LogP contribution < -0.4 is 0 Å². The van der Waals surface area contributed by atoms with E-state index in [1.807, 2.05) is 0 Å². The standard InChI is InChI=1S/C21H26O6/c22-17-3-1-2-12(10-25-17)20-5-4-15(14(9-20)19(24)26-20)21-8-11-6-13(16(21)7-11)18(23)27-21/h11-16H,1-10H2. The van der Waals surface area contributed by atoms with Crippen LogP contribution in [0.25, 0.3) is 0 Å². The Hall–Kier alpha value is -1.59. The fourth-order valence-electron chi connectivity index (χ4n) is 7.72. The summed E-state index contributed by atoms with van der Waals surface area (Å²) >= 11 is 0. The van der Waals surface area contributed by atoms with Crippen molar-refractivity contribution < 1.29 is 28.6 Å². The molecule has 0 aromatic carbocycles. The lowest BCUT2D eigenvalue weighted by Gasteiger charge is -2.45. The van der Waals surface area contributed by atoms with Gasteiger partial charge in [-0.2, -0.15) is 0 Å². The molecule has 27 heavy (non-hydrogen) atoms. The highest BCUT2D eigenvalue weighted by atomic mass is 16.6. The van der Waals surface area contributed by atoms with Crippen molar-refractivity contribution in [2.75, 3.05) is 6.61 Å². The van der Waals surface area contributed by atoms with Crippen LogP contribution in [-0.4, -0.2) is 35.7 Å². The Morgan fingerprint density at radius 2 is 1.74 bits per heavy atom. The largest absolute Gasteiger partial charge is 0.465 e. The highest BCUT2D eigenvalue weighted by molar-refractivity contribution is 5.79. The van der Waals surface area contributed by atoms with Gasteiger partial charge in [-0.15, -0.1) is 0 Å². The van der Waals surface area contributed by atoms with E-state index >= 15 is 0 Å². The molecule has 3 saturated heterocycles. The third-order valence-corrected chi connectivity index (χ3v) is 8.78. The van der Waals surface area contributed by atoms with Gasteiger partial charge in [0.2, 0.25) is 0 Å². The van der Waals surface area contributed by atoms with Crippen molar-refractivity contribution in [3.05, 3.63) is 0 Å². The van der Waals surface area contributed by atoms with Crippen molar-refractivity contribution in [1.29, 1.82) is 0 Å². The summed E-state index contributed by atoms with van der Waals surface area (Å²) in [4.78, 5) is 36.9. The summed E-state index contributed by atoms with van der Waals surface area (Å²) < 4.78 is 17.5. The van der Waals surface area contributed by atoms with E-state index in [1.54, 1.807) is 0 Å². The molecule has 3 aliphatic carbocycles. The first-order valence-electron chi connectivity index (χ1n) is 10.6. The molecule has 6 fully saturated rings. The van der Waals surface area contributed by atoms with Crippen LogP contribution in [0, 0.1) is 35.5 Å².